The average molecular weight is 164 g/mol. The van der Waals surface area contributed by atoms with Crippen LogP contribution in [0.4, 0.5) is 0 Å². The van der Waals surface area contributed by atoms with Gasteiger partial charge in [0.1, 0.15) is 0 Å². The third-order valence-electron chi connectivity index (χ3n) is 2.49. The minimum Gasteiger partial charge on any atom is -0.294 e. The Balaban J connectivity index is 2.76. The molecular formula is C11H16O. The number of carbonyl (C=O) groups excluding carboxylic acids is 1. The van der Waals surface area contributed by atoms with E-state index in [1.54, 1.807) is 0 Å². The van der Waals surface area contributed by atoms with Crippen molar-refractivity contribution in [1.29, 1.82) is 0 Å². The highest BCUT2D eigenvalue weighted by Gasteiger charge is 2.14. The molecule has 66 valence electrons. The van der Waals surface area contributed by atoms with E-state index >= 15 is 0 Å². The summed E-state index contributed by atoms with van der Waals surface area (Å²) in [4.78, 5) is 11.3. The Bertz CT molecular complexity index is 235. The van der Waals surface area contributed by atoms with Crippen molar-refractivity contribution in [2.75, 3.05) is 0 Å². The average Bonchev–Trinajstić information content (AvgIpc) is 2.08. The van der Waals surface area contributed by atoms with E-state index in [0.717, 1.165) is 5.57 Å². The van der Waals surface area contributed by atoms with Crippen molar-refractivity contribution in [3.63, 3.8) is 0 Å². The summed E-state index contributed by atoms with van der Waals surface area (Å²) in [5, 5.41) is 0. The molecular weight excluding hydrogens is 148 g/mol. The summed E-state index contributed by atoms with van der Waals surface area (Å²) in [6.45, 7) is 6.22. The van der Waals surface area contributed by atoms with Crippen LogP contribution >= 0.6 is 0 Å². The van der Waals surface area contributed by atoms with E-state index in [0.29, 0.717) is 18.3 Å². The first-order valence-electron chi connectivity index (χ1n) is 4.58. The van der Waals surface area contributed by atoms with Crippen molar-refractivity contribution < 1.29 is 4.79 Å². The van der Waals surface area contributed by atoms with Crippen LogP contribution in [0.15, 0.2) is 23.8 Å². The monoisotopic (exact) mass is 164 g/mol. The maximum Gasteiger partial charge on any atom is 0.162 e. The molecule has 0 aliphatic heterocycles. The van der Waals surface area contributed by atoms with Crippen LogP contribution < -0.4 is 0 Å². The molecule has 12 heavy (non-hydrogen) atoms. The number of hydrogen-bond donors (Lipinski definition) is 0. The van der Waals surface area contributed by atoms with Gasteiger partial charge in [-0.25, -0.2) is 0 Å². The molecule has 0 heterocycles. The maximum absolute atomic E-state index is 11.3. The van der Waals surface area contributed by atoms with Gasteiger partial charge in [-0.2, -0.15) is 0 Å². The van der Waals surface area contributed by atoms with E-state index in [1.165, 1.54) is 0 Å². The molecule has 0 spiro atoms. The van der Waals surface area contributed by atoms with Gasteiger partial charge in [-0.05, 0) is 11.8 Å². The summed E-state index contributed by atoms with van der Waals surface area (Å²) >= 11 is 0. The summed E-state index contributed by atoms with van der Waals surface area (Å²) in [6, 6.07) is 0. The molecule has 0 saturated carbocycles. The van der Waals surface area contributed by atoms with Crippen LogP contribution in [-0.4, -0.2) is 5.78 Å². The number of rotatable bonds is 2. The maximum atomic E-state index is 11.3. The zero-order valence-electron chi connectivity index (χ0n) is 8.00. The molecule has 1 nitrogen and oxygen atoms in total. The fraction of sp³-hybridized carbons (Fsp3) is 0.545. The van der Waals surface area contributed by atoms with Gasteiger partial charge in [-0.1, -0.05) is 39.0 Å². The number of hydrogen-bond acceptors (Lipinski definition) is 1. The van der Waals surface area contributed by atoms with Crippen molar-refractivity contribution in [3.05, 3.63) is 23.8 Å². The van der Waals surface area contributed by atoms with Crippen molar-refractivity contribution in [3.8, 4) is 0 Å². The summed E-state index contributed by atoms with van der Waals surface area (Å²) in [6.07, 6.45) is 6.76. The van der Waals surface area contributed by atoms with E-state index in [1.807, 2.05) is 13.0 Å². The molecule has 2 unspecified atom stereocenters. The smallest absolute Gasteiger partial charge is 0.162 e. The van der Waals surface area contributed by atoms with E-state index in [4.69, 9.17) is 0 Å². The fourth-order valence-electron chi connectivity index (χ4n) is 1.31. The zero-order valence-corrected chi connectivity index (χ0v) is 8.00. The molecule has 0 radical (unpaired) electrons. The molecule has 0 aromatic heterocycles. The van der Waals surface area contributed by atoms with Crippen LogP contribution in [0.2, 0.25) is 0 Å². The fourth-order valence-corrected chi connectivity index (χ4v) is 1.31. The van der Waals surface area contributed by atoms with Gasteiger partial charge in [0.2, 0.25) is 0 Å². The lowest BCUT2D eigenvalue weighted by Gasteiger charge is -2.17. The zero-order chi connectivity index (χ0) is 9.14. The molecule has 1 rings (SSSR count). The summed E-state index contributed by atoms with van der Waals surface area (Å²) in [5.74, 6) is 1.32. The third kappa shape index (κ3) is 1.84. The van der Waals surface area contributed by atoms with Gasteiger partial charge in [0.15, 0.2) is 5.78 Å². The highest BCUT2D eigenvalue weighted by molar-refractivity contribution is 5.97. The van der Waals surface area contributed by atoms with Crippen LogP contribution in [0.1, 0.15) is 27.2 Å². The van der Waals surface area contributed by atoms with Gasteiger partial charge in [0, 0.05) is 12.0 Å². The van der Waals surface area contributed by atoms with Gasteiger partial charge >= 0.3 is 0 Å². The summed E-state index contributed by atoms with van der Waals surface area (Å²) in [5.41, 5.74) is 0.892. The van der Waals surface area contributed by atoms with E-state index < -0.39 is 0 Å². The molecule has 0 aromatic carbocycles. The lowest BCUT2D eigenvalue weighted by atomic mass is 9.87. The molecule has 0 amide bonds. The molecule has 2 atom stereocenters. The standard InChI is InChI=1S/C11H16O/c1-4-11(12)10-6-5-8(2)9(3)7-10/h5-9H,4H2,1-3H3. The Morgan fingerprint density at radius 2 is 2.08 bits per heavy atom. The SMILES string of the molecule is CCC(=O)C1=CC(C)C(C)C=C1. The lowest BCUT2D eigenvalue weighted by molar-refractivity contribution is -0.115. The van der Waals surface area contributed by atoms with E-state index in [9.17, 15) is 4.79 Å². The van der Waals surface area contributed by atoms with Crippen molar-refractivity contribution in [2.45, 2.75) is 27.2 Å². The van der Waals surface area contributed by atoms with Crippen molar-refractivity contribution in [2.24, 2.45) is 11.8 Å². The molecule has 1 aliphatic carbocycles. The molecule has 0 bridgehead atoms. The highest BCUT2D eigenvalue weighted by Crippen LogP contribution is 2.22. The molecule has 0 N–H and O–H groups in total. The largest absolute Gasteiger partial charge is 0.294 e. The van der Waals surface area contributed by atoms with Gasteiger partial charge in [-0.15, -0.1) is 0 Å². The van der Waals surface area contributed by atoms with E-state index in [-0.39, 0.29) is 5.78 Å². The molecule has 0 saturated heterocycles. The minimum atomic E-state index is 0.255. The van der Waals surface area contributed by atoms with Gasteiger partial charge in [0.25, 0.3) is 0 Å². The second kappa shape index (κ2) is 3.70. The topological polar surface area (TPSA) is 17.1 Å². The molecule has 1 aliphatic rings. The van der Waals surface area contributed by atoms with Gasteiger partial charge in [-0.3, -0.25) is 4.79 Å². The quantitative estimate of drug-likeness (QED) is 0.613. The van der Waals surface area contributed by atoms with Crippen LogP contribution in [0.25, 0.3) is 0 Å². The van der Waals surface area contributed by atoms with Crippen molar-refractivity contribution >= 4 is 5.78 Å². The number of ketones is 1. The number of Topliss-reactive ketones (excluding diaryl/α,β-unsaturated/α-hetero) is 1. The van der Waals surface area contributed by atoms with Crippen LogP contribution in [-0.2, 0) is 4.79 Å². The minimum absolute atomic E-state index is 0.255. The summed E-state index contributed by atoms with van der Waals surface area (Å²) in [7, 11) is 0. The highest BCUT2D eigenvalue weighted by atomic mass is 16.1. The predicted octanol–water partition coefficient (Wildman–Crippen LogP) is 2.73. The van der Waals surface area contributed by atoms with Crippen LogP contribution in [0.3, 0.4) is 0 Å². The second-order valence-corrected chi connectivity index (χ2v) is 3.48. The Morgan fingerprint density at radius 1 is 1.42 bits per heavy atom. The molecule has 0 aromatic rings. The lowest BCUT2D eigenvalue weighted by Crippen LogP contribution is -2.10. The summed E-state index contributed by atoms with van der Waals surface area (Å²) < 4.78 is 0. The Kier molecular flexibility index (Phi) is 2.85. The number of allylic oxidation sites excluding steroid dienone is 4. The molecule has 1 heteroatoms. The van der Waals surface area contributed by atoms with Gasteiger partial charge < -0.3 is 0 Å². The predicted molar refractivity (Wildman–Crippen MR) is 50.8 cm³/mol. The number of carbonyl (C=O) groups is 1. The third-order valence-corrected chi connectivity index (χ3v) is 2.49. The van der Waals surface area contributed by atoms with E-state index in [2.05, 4.69) is 26.0 Å². The van der Waals surface area contributed by atoms with Gasteiger partial charge in [0.05, 0.1) is 0 Å². The first kappa shape index (κ1) is 9.24. The van der Waals surface area contributed by atoms with Crippen LogP contribution in [0, 0.1) is 11.8 Å². The normalized spacial score (nSPS) is 28.4. The Morgan fingerprint density at radius 3 is 2.58 bits per heavy atom. The first-order chi connectivity index (χ1) is 5.65. The molecule has 0 fully saturated rings. The van der Waals surface area contributed by atoms with Crippen LogP contribution in [0.5, 0.6) is 0 Å². The Hall–Kier alpha value is -0.850. The first-order valence-corrected chi connectivity index (χ1v) is 4.58. The van der Waals surface area contributed by atoms with Crippen molar-refractivity contribution in [1.82, 2.24) is 0 Å². The Labute approximate surface area is 74.2 Å². The second-order valence-electron chi connectivity index (χ2n) is 3.48.